The summed E-state index contributed by atoms with van der Waals surface area (Å²) in [6.45, 7) is 3.12. The maximum Gasteiger partial charge on any atom is 0.240 e. The molecular weight excluding hydrogens is 352 g/mol. The molecule has 0 bridgehead atoms. The van der Waals surface area contributed by atoms with Gasteiger partial charge in [-0.3, -0.25) is 14.4 Å². The van der Waals surface area contributed by atoms with E-state index in [1.165, 1.54) is 6.92 Å². The van der Waals surface area contributed by atoms with Crippen molar-refractivity contribution in [2.75, 3.05) is 12.9 Å². The fraction of sp³-hybridized carbons (Fsp3) is 0.316. The van der Waals surface area contributed by atoms with E-state index in [4.69, 9.17) is 10.5 Å². The monoisotopic (exact) mass is 374 g/mol. The molecule has 2 atom stereocenters. The molecule has 0 aliphatic carbocycles. The third-order valence-corrected chi connectivity index (χ3v) is 5.18. The number of amides is 2. The number of methoxy groups -OCH3 is 1. The van der Waals surface area contributed by atoms with Crippen LogP contribution in [-0.4, -0.2) is 35.8 Å². The number of nitrogens with one attached hydrogen (secondary N) is 1. The van der Waals surface area contributed by atoms with E-state index in [0.29, 0.717) is 0 Å². The number of benzene rings is 2. The molecule has 1 unspecified atom stereocenters. The van der Waals surface area contributed by atoms with Gasteiger partial charge in [-0.1, -0.05) is 43.0 Å². The second-order valence-corrected chi connectivity index (χ2v) is 7.00. The smallest absolute Gasteiger partial charge is 0.240 e. The average molecular weight is 374 g/mol. The van der Waals surface area contributed by atoms with Crippen molar-refractivity contribution < 1.29 is 19.1 Å². The van der Waals surface area contributed by atoms with E-state index in [2.05, 4.69) is 5.32 Å². The summed E-state index contributed by atoms with van der Waals surface area (Å²) in [5.41, 5.74) is 6.14. The lowest BCUT2D eigenvalue weighted by Crippen LogP contribution is -2.45. The summed E-state index contributed by atoms with van der Waals surface area (Å²) >= 11 is 0.995. The standard InChI is InChI=1S/C19H22N2O4S/c1-11(19(24)26-10-17(18(20)23)21-12(2)22)13-4-5-15-9-16(25-3)7-6-14(15)8-13/h4-9,11,17H,10H2,1-3H3,(H2,20,23)(H,21,22)/t11-,17?/m1/s1. The Hall–Kier alpha value is -2.54. The van der Waals surface area contributed by atoms with Crippen molar-refractivity contribution in [1.82, 2.24) is 5.32 Å². The second kappa shape index (κ2) is 8.71. The van der Waals surface area contributed by atoms with Gasteiger partial charge in [-0.05, 0) is 28.5 Å². The summed E-state index contributed by atoms with van der Waals surface area (Å²) in [6, 6.07) is 10.7. The van der Waals surface area contributed by atoms with E-state index >= 15 is 0 Å². The van der Waals surface area contributed by atoms with Crippen LogP contribution in [0.2, 0.25) is 0 Å². The van der Waals surface area contributed by atoms with Crippen LogP contribution in [0.5, 0.6) is 5.75 Å². The van der Waals surface area contributed by atoms with E-state index < -0.39 is 11.9 Å². The van der Waals surface area contributed by atoms with E-state index in [1.54, 1.807) is 7.11 Å². The van der Waals surface area contributed by atoms with E-state index in [1.807, 2.05) is 43.3 Å². The molecule has 0 fully saturated rings. The Morgan fingerprint density at radius 3 is 2.42 bits per heavy atom. The Labute approximate surface area is 156 Å². The summed E-state index contributed by atoms with van der Waals surface area (Å²) in [5, 5.41) is 4.40. The number of fused-ring (bicyclic) bond motifs is 1. The molecule has 3 N–H and O–H groups in total. The van der Waals surface area contributed by atoms with E-state index in [0.717, 1.165) is 33.8 Å². The van der Waals surface area contributed by atoms with Gasteiger partial charge in [0.2, 0.25) is 11.8 Å². The molecule has 0 aliphatic rings. The zero-order valence-corrected chi connectivity index (χ0v) is 15.8. The zero-order chi connectivity index (χ0) is 19.3. The molecule has 2 aromatic carbocycles. The lowest BCUT2D eigenvalue weighted by Gasteiger charge is -2.16. The van der Waals surface area contributed by atoms with Crippen LogP contribution in [0, 0.1) is 0 Å². The topological polar surface area (TPSA) is 98.5 Å². The van der Waals surface area contributed by atoms with Gasteiger partial charge in [0.1, 0.15) is 11.8 Å². The van der Waals surface area contributed by atoms with E-state index in [9.17, 15) is 14.4 Å². The van der Waals surface area contributed by atoms with Crippen molar-refractivity contribution in [3.63, 3.8) is 0 Å². The SMILES string of the molecule is COc1ccc2cc([C@@H](C)C(=O)SCC(NC(C)=O)C(N)=O)ccc2c1. The molecule has 26 heavy (non-hydrogen) atoms. The first-order chi connectivity index (χ1) is 12.3. The molecule has 0 aliphatic heterocycles. The Balaban J connectivity index is 2.08. The lowest BCUT2D eigenvalue weighted by molar-refractivity contribution is -0.125. The Bertz CT molecular complexity index is 837. The van der Waals surface area contributed by atoms with Crippen LogP contribution in [0.25, 0.3) is 10.8 Å². The fourth-order valence-electron chi connectivity index (χ4n) is 2.51. The van der Waals surface area contributed by atoms with Crippen LogP contribution in [0.3, 0.4) is 0 Å². The van der Waals surface area contributed by atoms with Crippen molar-refractivity contribution in [1.29, 1.82) is 0 Å². The normalized spacial score (nSPS) is 13.0. The number of ether oxygens (including phenoxy) is 1. The Morgan fingerprint density at radius 1 is 1.15 bits per heavy atom. The largest absolute Gasteiger partial charge is 0.497 e. The molecule has 0 spiro atoms. The molecule has 2 rings (SSSR count). The number of thioether (sulfide) groups is 1. The predicted octanol–water partition coefficient (Wildman–Crippen LogP) is 2.20. The highest BCUT2D eigenvalue weighted by Crippen LogP contribution is 2.28. The van der Waals surface area contributed by atoms with Gasteiger partial charge >= 0.3 is 0 Å². The quantitative estimate of drug-likeness (QED) is 0.774. The van der Waals surface area contributed by atoms with Gasteiger partial charge in [0.25, 0.3) is 0 Å². The van der Waals surface area contributed by atoms with Gasteiger partial charge in [0.05, 0.1) is 13.0 Å². The molecule has 7 heteroatoms. The number of hydrogen-bond acceptors (Lipinski definition) is 5. The molecule has 138 valence electrons. The highest BCUT2D eigenvalue weighted by atomic mass is 32.2. The van der Waals surface area contributed by atoms with Crippen LogP contribution in [0.15, 0.2) is 36.4 Å². The highest BCUT2D eigenvalue weighted by molar-refractivity contribution is 8.13. The van der Waals surface area contributed by atoms with Gasteiger partial charge in [0.15, 0.2) is 5.12 Å². The van der Waals surface area contributed by atoms with Crippen LogP contribution < -0.4 is 15.8 Å². The molecule has 0 saturated heterocycles. The number of carbonyl (C=O) groups is 3. The molecular formula is C19H22N2O4S. The lowest BCUT2D eigenvalue weighted by atomic mass is 9.99. The maximum atomic E-state index is 12.5. The Morgan fingerprint density at radius 2 is 1.81 bits per heavy atom. The molecule has 0 aromatic heterocycles. The minimum absolute atomic E-state index is 0.0885. The number of nitrogens with two attached hydrogens (primary N) is 1. The minimum atomic E-state index is -0.863. The first-order valence-electron chi connectivity index (χ1n) is 8.12. The van der Waals surface area contributed by atoms with Crippen molar-refractivity contribution in [2.24, 2.45) is 5.73 Å². The molecule has 2 amide bonds. The summed E-state index contributed by atoms with van der Waals surface area (Å²) in [5.74, 6) is -0.478. The average Bonchev–Trinajstić information content (AvgIpc) is 2.62. The number of carbonyl (C=O) groups excluding carboxylic acids is 3. The minimum Gasteiger partial charge on any atom is -0.497 e. The van der Waals surface area contributed by atoms with Gasteiger partial charge in [-0.15, -0.1) is 0 Å². The van der Waals surface area contributed by atoms with Crippen LogP contribution in [-0.2, 0) is 14.4 Å². The summed E-state index contributed by atoms with van der Waals surface area (Å²) < 4.78 is 5.21. The summed E-state index contributed by atoms with van der Waals surface area (Å²) in [4.78, 5) is 34.9. The summed E-state index contributed by atoms with van der Waals surface area (Å²) in [6.07, 6.45) is 0. The van der Waals surface area contributed by atoms with Crippen molar-refractivity contribution >= 4 is 39.5 Å². The first-order valence-corrected chi connectivity index (χ1v) is 9.11. The maximum absolute atomic E-state index is 12.5. The number of rotatable bonds is 7. The van der Waals surface area contributed by atoms with Gasteiger partial charge in [0, 0.05) is 12.7 Å². The molecule has 0 radical (unpaired) electrons. The van der Waals surface area contributed by atoms with Gasteiger partial charge < -0.3 is 15.8 Å². The van der Waals surface area contributed by atoms with Crippen molar-refractivity contribution in [2.45, 2.75) is 25.8 Å². The van der Waals surface area contributed by atoms with Gasteiger partial charge in [-0.25, -0.2) is 0 Å². The molecule has 0 heterocycles. The predicted molar refractivity (Wildman–Crippen MR) is 103 cm³/mol. The third kappa shape index (κ3) is 4.98. The second-order valence-electron chi connectivity index (χ2n) is 5.98. The fourth-order valence-corrected chi connectivity index (χ4v) is 3.47. The number of primary amides is 1. The first kappa shape index (κ1) is 19.8. The van der Waals surface area contributed by atoms with E-state index in [-0.39, 0.29) is 22.7 Å². The van der Waals surface area contributed by atoms with Crippen molar-refractivity contribution in [3.8, 4) is 5.75 Å². The summed E-state index contributed by atoms with van der Waals surface area (Å²) in [7, 11) is 1.62. The third-order valence-electron chi connectivity index (χ3n) is 4.04. The van der Waals surface area contributed by atoms with Crippen LogP contribution >= 0.6 is 11.8 Å². The van der Waals surface area contributed by atoms with Crippen LogP contribution in [0.1, 0.15) is 25.3 Å². The number of hydrogen-bond donors (Lipinski definition) is 2. The molecule has 0 saturated carbocycles. The Kier molecular flexibility index (Phi) is 6.63. The molecule has 2 aromatic rings. The van der Waals surface area contributed by atoms with Crippen LogP contribution in [0.4, 0.5) is 0 Å². The van der Waals surface area contributed by atoms with Gasteiger partial charge in [-0.2, -0.15) is 0 Å². The highest BCUT2D eigenvalue weighted by Gasteiger charge is 2.22. The van der Waals surface area contributed by atoms with Crippen molar-refractivity contribution in [3.05, 3.63) is 42.0 Å². The zero-order valence-electron chi connectivity index (χ0n) is 14.9. The molecule has 6 nitrogen and oxygen atoms in total.